The molecule has 126 valence electrons. The molecule has 26 heavy (non-hydrogen) atoms. The van der Waals surface area contributed by atoms with Gasteiger partial charge in [-0.15, -0.1) is 0 Å². The summed E-state index contributed by atoms with van der Waals surface area (Å²) in [7, 11) is 0. The number of nitrogens with zero attached hydrogens (tertiary/aromatic N) is 2. The number of rotatable bonds is 4. The predicted molar refractivity (Wildman–Crippen MR) is 103 cm³/mol. The van der Waals surface area contributed by atoms with E-state index in [1.807, 2.05) is 36.4 Å². The molecular formula is C22H16FN3. The number of nitrogens with one attached hydrogen (secondary N) is 1. The quantitative estimate of drug-likeness (QED) is 0.526. The van der Waals surface area contributed by atoms with Gasteiger partial charge in [-0.25, -0.2) is 9.37 Å². The van der Waals surface area contributed by atoms with Crippen molar-refractivity contribution in [2.75, 3.05) is 0 Å². The highest BCUT2D eigenvalue weighted by molar-refractivity contribution is 5.81. The molecule has 0 unspecified atom stereocenters. The van der Waals surface area contributed by atoms with Crippen LogP contribution >= 0.6 is 0 Å². The molecule has 1 N–H and O–H groups in total. The number of pyridine rings is 1. The summed E-state index contributed by atoms with van der Waals surface area (Å²) < 4.78 is 13.3. The van der Waals surface area contributed by atoms with E-state index in [4.69, 9.17) is 4.98 Å². The summed E-state index contributed by atoms with van der Waals surface area (Å²) in [6.07, 6.45) is 5.28. The molecule has 0 saturated heterocycles. The molecule has 0 aliphatic rings. The van der Waals surface area contributed by atoms with Crippen molar-refractivity contribution < 1.29 is 4.39 Å². The largest absolute Gasteiger partial charge is 0.337 e. The lowest BCUT2D eigenvalue weighted by Gasteiger charge is -2.02. The normalized spacial score (nSPS) is 10.7. The van der Waals surface area contributed by atoms with Gasteiger partial charge in [-0.1, -0.05) is 36.9 Å². The van der Waals surface area contributed by atoms with E-state index >= 15 is 0 Å². The van der Waals surface area contributed by atoms with E-state index < -0.39 is 0 Å². The number of halogens is 1. The fraction of sp³-hybridized carbons (Fsp3) is 0. The van der Waals surface area contributed by atoms with Gasteiger partial charge in [0.1, 0.15) is 11.6 Å². The number of imidazole rings is 1. The molecule has 4 heteroatoms. The number of hydrogen-bond acceptors (Lipinski definition) is 2. The molecule has 2 aromatic carbocycles. The van der Waals surface area contributed by atoms with Gasteiger partial charge in [-0.05, 0) is 42.0 Å². The highest BCUT2D eigenvalue weighted by Gasteiger charge is 2.15. The van der Waals surface area contributed by atoms with Crippen LogP contribution in [0.3, 0.4) is 0 Å². The zero-order chi connectivity index (χ0) is 17.9. The number of aromatic nitrogens is 3. The molecule has 0 radical (unpaired) electrons. The lowest BCUT2D eigenvalue weighted by Crippen LogP contribution is -1.84. The van der Waals surface area contributed by atoms with Crippen LogP contribution in [0.15, 0.2) is 79.6 Å². The molecule has 0 aliphatic heterocycles. The Bertz CT molecular complexity index is 1030. The lowest BCUT2D eigenvalue weighted by atomic mass is 10.1. The molecule has 0 atom stereocenters. The van der Waals surface area contributed by atoms with Crippen molar-refractivity contribution in [2.45, 2.75) is 0 Å². The van der Waals surface area contributed by atoms with Crippen LogP contribution in [-0.4, -0.2) is 15.0 Å². The summed E-state index contributed by atoms with van der Waals surface area (Å²) in [5.41, 5.74) is 5.50. The summed E-state index contributed by atoms with van der Waals surface area (Å²) in [6, 6.07) is 18.2. The summed E-state index contributed by atoms with van der Waals surface area (Å²) in [4.78, 5) is 12.3. The first-order chi connectivity index (χ1) is 12.7. The minimum atomic E-state index is -0.269. The molecule has 2 aromatic heterocycles. The van der Waals surface area contributed by atoms with E-state index in [-0.39, 0.29) is 5.82 Å². The van der Waals surface area contributed by atoms with Crippen LogP contribution in [0.5, 0.6) is 0 Å². The van der Waals surface area contributed by atoms with E-state index in [9.17, 15) is 4.39 Å². The van der Waals surface area contributed by atoms with Gasteiger partial charge in [0.15, 0.2) is 0 Å². The molecule has 0 bridgehead atoms. The van der Waals surface area contributed by atoms with E-state index in [0.29, 0.717) is 0 Å². The van der Waals surface area contributed by atoms with Gasteiger partial charge in [0, 0.05) is 29.1 Å². The molecule has 3 nitrogen and oxygen atoms in total. The monoisotopic (exact) mass is 341 g/mol. The maximum atomic E-state index is 13.3. The van der Waals surface area contributed by atoms with Gasteiger partial charge in [-0.3, -0.25) is 4.98 Å². The molecule has 4 aromatic rings. The minimum absolute atomic E-state index is 0.269. The van der Waals surface area contributed by atoms with Crippen molar-refractivity contribution in [1.82, 2.24) is 15.0 Å². The van der Waals surface area contributed by atoms with Crippen molar-refractivity contribution in [3.63, 3.8) is 0 Å². The Morgan fingerprint density at radius 2 is 1.46 bits per heavy atom. The Hall–Kier alpha value is -3.53. The highest BCUT2D eigenvalue weighted by Crippen LogP contribution is 2.33. The molecule has 0 fully saturated rings. The van der Waals surface area contributed by atoms with E-state index in [2.05, 4.69) is 16.5 Å². The summed E-state index contributed by atoms with van der Waals surface area (Å²) in [6.45, 7) is 3.78. The van der Waals surface area contributed by atoms with Gasteiger partial charge in [-0.2, -0.15) is 0 Å². The van der Waals surface area contributed by atoms with Crippen LogP contribution < -0.4 is 0 Å². The van der Waals surface area contributed by atoms with Crippen LogP contribution in [0.1, 0.15) is 5.56 Å². The summed E-state index contributed by atoms with van der Waals surface area (Å²) >= 11 is 0. The topological polar surface area (TPSA) is 41.6 Å². The minimum Gasteiger partial charge on any atom is -0.337 e. The van der Waals surface area contributed by atoms with Crippen LogP contribution in [-0.2, 0) is 0 Å². The number of aromatic amines is 1. The maximum absolute atomic E-state index is 13.3. The first kappa shape index (κ1) is 16.0. The van der Waals surface area contributed by atoms with Crippen LogP contribution in [0.4, 0.5) is 4.39 Å². The van der Waals surface area contributed by atoms with E-state index in [1.54, 1.807) is 30.6 Å². The predicted octanol–water partition coefficient (Wildman–Crippen LogP) is 5.59. The highest BCUT2D eigenvalue weighted by atomic mass is 19.1. The number of benzene rings is 2. The average Bonchev–Trinajstić information content (AvgIpc) is 3.15. The Morgan fingerprint density at radius 1 is 0.808 bits per heavy atom. The smallest absolute Gasteiger partial charge is 0.138 e. The fourth-order valence-corrected chi connectivity index (χ4v) is 2.83. The Labute approximate surface area is 150 Å². The van der Waals surface area contributed by atoms with Crippen LogP contribution in [0, 0.1) is 5.82 Å². The molecular weight excluding hydrogens is 325 g/mol. The third-order valence-electron chi connectivity index (χ3n) is 4.21. The molecule has 4 rings (SSSR count). The van der Waals surface area contributed by atoms with Gasteiger partial charge >= 0.3 is 0 Å². The van der Waals surface area contributed by atoms with Gasteiger partial charge in [0.25, 0.3) is 0 Å². The van der Waals surface area contributed by atoms with Crippen molar-refractivity contribution in [3.8, 4) is 33.9 Å². The Kier molecular flexibility index (Phi) is 4.15. The second kappa shape index (κ2) is 6.76. The van der Waals surface area contributed by atoms with E-state index in [1.165, 1.54) is 12.1 Å². The number of H-pyrrole nitrogens is 1. The molecule has 0 spiro atoms. The second-order valence-corrected chi connectivity index (χ2v) is 5.88. The van der Waals surface area contributed by atoms with Crippen molar-refractivity contribution in [3.05, 3.63) is 91.0 Å². The van der Waals surface area contributed by atoms with Gasteiger partial charge < -0.3 is 4.98 Å². The molecule has 0 aliphatic carbocycles. The first-order valence-electron chi connectivity index (χ1n) is 8.24. The lowest BCUT2D eigenvalue weighted by molar-refractivity contribution is 0.628. The first-order valence-corrected chi connectivity index (χ1v) is 8.24. The summed E-state index contributed by atoms with van der Waals surface area (Å²) in [5, 5.41) is 0. The van der Waals surface area contributed by atoms with Crippen LogP contribution in [0.25, 0.3) is 40.0 Å². The van der Waals surface area contributed by atoms with Crippen LogP contribution in [0.2, 0.25) is 0 Å². The van der Waals surface area contributed by atoms with Crippen molar-refractivity contribution >= 4 is 6.08 Å². The second-order valence-electron chi connectivity index (χ2n) is 5.88. The van der Waals surface area contributed by atoms with Crippen molar-refractivity contribution in [1.29, 1.82) is 0 Å². The SMILES string of the molecule is C=Cc1ccc(-c2nc(-c3ccc(F)cc3)c(-c3ccncc3)[nH]2)cc1. The molecule has 0 amide bonds. The third kappa shape index (κ3) is 3.05. The zero-order valence-electron chi connectivity index (χ0n) is 14.0. The average molecular weight is 341 g/mol. The number of hydrogen-bond donors (Lipinski definition) is 1. The van der Waals surface area contributed by atoms with E-state index in [0.717, 1.165) is 39.5 Å². The fourth-order valence-electron chi connectivity index (χ4n) is 2.83. The standard InChI is InChI=1S/C22H16FN3/c1-2-15-3-5-18(6-4-15)22-25-20(16-7-9-19(23)10-8-16)21(26-22)17-11-13-24-14-12-17/h2-14H,1H2,(H,25,26). The van der Waals surface area contributed by atoms with Gasteiger partial charge in [0.05, 0.1) is 11.4 Å². The van der Waals surface area contributed by atoms with Crippen molar-refractivity contribution in [2.24, 2.45) is 0 Å². The zero-order valence-corrected chi connectivity index (χ0v) is 14.0. The van der Waals surface area contributed by atoms with Gasteiger partial charge in [0.2, 0.25) is 0 Å². The maximum Gasteiger partial charge on any atom is 0.138 e. The molecule has 2 heterocycles. The third-order valence-corrected chi connectivity index (χ3v) is 4.21. The Morgan fingerprint density at radius 3 is 2.12 bits per heavy atom. The Balaban J connectivity index is 1.86. The molecule has 0 saturated carbocycles. The summed E-state index contributed by atoms with van der Waals surface area (Å²) in [5.74, 6) is 0.488.